The predicted molar refractivity (Wildman–Crippen MR) is 102 cm³/mol. The first-order chi connectivity index (χ1) is 10.9. The molecule has 0 atom stereocenters. The van der Waals surface area contributed by atoms with Crippen LogP contribution in [0.25, 0.3) is 0 Å². The van der Waals surface area contributed by atoms with Crippen molar-refractivity contribution in [1.82, 2.24) is 0 Å². The van der Waals surface area contributed by atoms with Gasteiger partial charge in [-0.15, -0.1) is 0 Å². The van der Waals surface area contributed by atoms with E-state index in [1.54, 1.807) is 0 Å². The number of anilines is 2. The zero-order valence-corrected chi connectivity index (χ0v) is 15.7. The van der Waals surface area contributed by atoms with E-state index in [1.807, 2.05) is 48.5 Å². The normalized spacial score (nSPS) is 16.2. The molecule has 0 N–H and O–H groups in total. The fourth-order valence-electron chi connectivity index (χ4n) is 2.79. The lowest BCUT2D eigenvalue weighted by Gasteiger charge is -2.37. The summed E-state index contributed by atoms with van der Waals surface area (Å²) in [4.78, 5) is 4.13. The molecule has 2 aromatic carbocycles. The van der Waals surface area contributed by atoms with E-state index in [9.17, 15) is 0 Å². The fourth-order valence-corrected chi connectivity index (χ4v) is 3.75. The number of halogens is 5. The number of nitrogens with zero attached hydrogens (tertiary/aromatic N) is 2. The molecule has 1 heterocycles. The minimum absolute atomic E-state index is 0.421. The molecule has 0 spiro atoms. The van der Waals surface area contributed by atoms with Crippen molar-refractivity contribution in [3.63, 3.8) is 0 Å². The summed E-state index contributed by atoms with van der Waals surface area (Å²) >= 11 is 30.8. The molecule has 0 aliphatic carbocycles. The van der Waals surface area contributed by atoms with Crippen molar-refractivity contribution in [1.29, 1.82) is 0 Å². The molecule has 0 radical (unpaired) electrons. The average molecular weight is 411 g/mol. The Morgan fingerprint density at radius 3 is 1.35 bits per heavy atom. The van der Waals surface area contributed by atoms with E-state index in [-0.39, 0.29) is 0 Å². The third-order valence-electron chi connectivity index (χ3n) is 3.78. The molecule has 1 saturated heterocycles. The smallest absolute Gasteiger partial charge is 0.228 e. The van der Waals surface area contributed by atoms with Gasteiger partial charge in [-0.2, -0.15) is 0 Å². The molecule has 0 aromatic heterocycles. The molecular formula is C16H13Cl5N2. The molecule has 3 rings (SSSR count). The molecule has 2 nitrogen and oxygen atoms in total. The highest BCUT2D eigenvalue weighted by molar-refractivity contribution is 6.68. The molecule has 0 bridgehead atoms. The summed E-state index contributed by atoms with van der Waals surface area (Å²) in [6.45, 7) is 1.48. The van der Waals surface area contributed by atoms with Crippen molar-refractivity contribution in [3.8, 4) is 0 Å². The number of alkyl halides is 3. The molecule has 7 heteroatoms. The van der Waals surface area contributed by atoms with Crippen LogP contribution < -0.4 is 9.80 Å². The van der Waals surface area contributed by atoms with Gasteiger partial charge < -0.3 is 9.80 Å². The zero-order valence-electron chi connectivity index (χ0n) is 11.9. The number of rotatable bonds is 2. The van der Waals surface area contributed by atoms with E-state index < -0.39 is 9.96 Å². The van der Waals surface area contributed by atoms with Crippen LogP contribution in [0.4, 0.5) is 11.4 Å². The van der Waals surface area contributed by atoms with Crippen molar-refractivity contribution in [3.05, 3.63) is 58.6 Å². The van der Waals surface area contributed by atoms with Gasteiger partial charge in [0.1, 0.15) is 0 Å². The van der Waals surface area contributed by atoms with E-state index in [2.05, 4.69) is 9.80 Å². The second kappa shape index (κ2) is 6.78. The summed E-state index contributed by atoms with van der Waals surface area (Å²) in [6.07, 6.45) is -0.421. The third-order valence-corrected chi connectivity index (χ3v) is 4.87. The fraction of sp³-hybridized carbons (Fsp3) is 0.250. The van der Waals surface area contributed by atoms with Crippen LogP contribution in [0, 0.1) is 0 Å². The molecule has 122 valence electrons. The third kappa shape index (κ3) is 3.78. The van der Waals surface area contributed by atoms with E-state index in [4.69, 9.17) is 58.0 Å². The standard InChI is InChI=1S/C16H13Cl5N2/c17-11-1-5-13(6-2-11)22-9-10-23(15(22)16(19,20)21)14-7-3-12(18)4-8-14/h1-8,15H,9-10H2. The molecule has 0 unspecified atom stereocenters. The molecule has 0 amide bonds. The summed E-state index contributed by atoms with van der Waals surface area (Å²) in [5, 5.41) is 1.35. The van der Waals surface area contributed by atoms with Gasteiger partial charge >= 0.3 is 0 Å². The van der Waals surface area contributed by atoms with Gasteiger partial charge in [-0.05, 0) is 48.5 Å². The number of hydrogen-bond acceptors (Lipinski definition) is 2. The summed E-state index contributed by atoms with van der Waals surface area (Å²) < 4.78 is -1.48. The van der Waals surface area contributed by atoms with Crippen molar-refractivity contribution in [2.24, 2.45) is 0 Å². The van der Waals surface area contributed by atoms with Gasteiger partial charge in [0.2, 0.25) is 3.79 Å². The maximum absolute atomic E-state index is 6.29. The molecule has 1 aliphatic rings. The van der Waals surface area contributed by atoms with Crippen LogP contribution in [-0.2, 0) is 0 Å². The lowest BCUT2D eigenvalue weighted by Crippen LogP contribution is -2.48. The lowest BCUT2D eigenvalue weighted by molar-refractivity contribution is 0.681. The Labute approximate surface area is 160 Å². The number of benzene rings is 2. The van der Waals surface area contributed by atoms with Crippen LogP contribution in [0.1, 0.15) is 0 Å². The Balaban J connectivity index is 1.96. The molecule has 23 heavy (non-hydrogen) atoms. The summed E-state index contributed by atoms with van der Waals surface area (Å²) in [5.74, 6) is 0. The largest absolute Gasteiger partial charge is 0.346 e. The SMILES string of the molecule is Clc1ccc(N2CCN(c3ccc(Cl)cc3)C2C(Cl)(Cl)Cl)cc1. The van der Waals surface area contributed by atoms with Gasteiger partial charge in [0.05, 0.1) is 0 Å². The quantitative estimate of drug-likeness (QED) is 0.559. The van der Waals surface area contributed by atoms with Crippen molar-refractivity contribution < 1.29 is 0 Å². The number of hydrogen-bond donors (Lipinski definition) is 0. The zero-order chi connectivity index (χ0) is 16.6. The molecule has 2 aromatic rings. The van der Waals surface area contributed by atoms with Gasteiger partial charge in [0, 0.05) is 34.5 Å². The van der Waals surface area contributed by atoms with Crippen LogP contribution in [-0.4, -0.2) is 23.0 Å². The van der Waals surface area contributed by atoms with Crippen molar-refractivity contribution in [2.75, 3.05) is 22.9 Å². The second-order valence-corrected chi connectivity index (χ2v) is 8.50. The van der Waals surface area contributed by atoms with E-state index in [0.717, 1.165) is 24.5 Å². The van der Waals surface area contributed by atoms with Crippen LogP contribution in [0.5, 0.6) is 0 Å². The molecule has 0 saturated carbocycles. The lowest BCUT2D eigenvalue weighted by atomic mass is 10.2. The van der Waals surface area contributed by atoms with E-state index in [0.29, 0.717) is 10.0 Å². The van der Waals surface area contributed by atoms with Crippen LogP contribution in [0.2, 0.25) is 10.0 Å². The van der Waals surface area contributed by atoms with Gasteiger partial charge in [-0.1, -0.05) is 58.0 Å². The summed E-state index contributed by atoms with van der Waals surface area (Å²) in [7, 11) is 0. The maximum Gasteiger partial charge on any atom is 0.228 e. The monoisotopic (exact) mass is 408 g/mol. The highest BCUT2D eigenvalue weighted by Gasteiger charge is 2.45. The minimum Gasteiger partial charge on any atom is -0.346 e. The van der Waals surface area contributed by atoms with Crippen molar-refractivity contribution in [2.45, 2.75) is 9.96 Å². The van der Waals surface area contributed by atoms with Gasteiger partial charge in [-0.3, -0.25) is 0 Å². The Kier molecular flexibility index (Phi) is 5.10. The summed E-state index contributed by atoms with van der Waals surface area (Å²) in [5.41, 5.74) is 1.92. The van der Waals surface area contributed by atoms with Crippen LogP contribution in [0.3, 0.4) is 0 Å². The Hall–Kier alpha value is -0.510. The molecule has 1 aliphatic heterocycles. The summed E-state index contributed by atoms with van der Waals surface area (Å²) in [6, 6.07) is 15.0. The molecular weight excluding hydrogens is 397 g/mol. The predicted octanol–water partition coefficient (Wildman–Crippen LogP) is 6.02. The first kappa shape index (κ1) is 17.3. The van der Waals surface area contributed by atoms with Crippen molar-refractivity contribution >= 4 is 69.4 Å². The van der Waals surface area contributed by atoms with Crippen LogP contribution in [0.15, 0.2) is 48.5 Å². The maximum atomic E-state index is 6.29. The second-order valence-electron chi connectivity index (χ2n) is 5.25. The minimum atomic E-state index is -1.48. The Morgan fingerprint density at radius 1 is 0.696 bits per heavy atom. The first-order valence-electron chi connectivity index (χ1n) is 6.97. The highest BCUT2D eigenvalue weighted by Crippen LogP contribution is 2.42. The topological polar surface area (TPSA) is 6.48 Å². The average Bonchev–Trinajstić information content (AvgIpc) is 2.94. The Morgan fingerprint density at radius 2 is 1.04 bits per heavy atom. The van der Waals surface area contributed by atoms with Gasteiger partial charge in [0.15, 0.2) is 6.17 Å². The van der Waals surface area contributed by atoms with E-state index in [1.165, 1.54) is 0 Å². The first-order valence-corrected chi connectivity index (χ1v) is 8.86. The molecule has 1 fully saturated rings. The van der Waals surface area contributed by atoms with Crippen LogP contribution >= 0.6 is 58.0 Å². The van der Waals surface area contributed by atoms with Gasteiger partial charge in [0.25, 0.3) is 0 Å². The van der Waals surface area contributed by atoms with E-state index >= 15 is 0 Å². The highest BCUT2D eigenvalue weighted by atomic mass is 35.6. The van der Waals surface area contributed by atoms with Gasteiger partial charge in [-0.25, -0.2) is 0 Å². The Bertz CT molecular complexity index is 613.